The van der Waals surface area contributed by atoms with E-state index in [0.29, 0.717) is 35.3 Å². The molecule has 4 aliphatic rings. The molecule has 36 heavy (non-hydrogen) atoms. The van der Waals surface area contributed by atoms with Crippen LogP contribution in [0.2, 0.25) is 0 Å². The van der Waals surface area contributed by atoms with Crippen LogP contribution in [-0.2, 0) is 6.54 Å². The van der Waals surface area contributed by atoms with Crippen molar-refractivity contribution in [2.75, 3.05) is 36.6 Å². The summed E-state index contributed by atoms with van der Waals surface area (Å²) < 4.78 is 0. The third-order valence-corrected chi connectivity index (χ3v) is 9.37. The molecule has 1 heterocycles. The molecule has 4 fully saturated rings. The molecule has 0 aliphatic heterocycles. The Balaban J connectivity index is 1.23. The van der Waals surface area contributed by atoms with Gasteiger partial charge in [0, 0.05) is 30.6 Å². The molecule has 8 heteroatoms. The molecule has 192 valence electrons. The lowest BCUT2D eigenvalue weighted by atomic mass is 9.48. The molecule has 1 aromatic carbocycles. The fraction of sp³-hybridized carbons (Fsp3) is 0.607. The van der Waals surface area contributed by atoms with Gasteiger partial charge in [-0.1, -0.05) is 18.2 Å². The predicted molar refractivity (Wildman–Crippen MR) is 145 cm³/mol. The fourth-order valence-corrected chi connectivity index (χ4v) is 7.84. The van der Waals surface area contributed by atoms with Crippen LogP contribution < -0.4 is 16.0 Å². The Kier molecular flexibility index (Phi) is 8.00. The number of benzene rings is 1. The molecule has 4 bridgehead atoms. The van der Waals surface area contributed by atoms with Crippen molar-refractivity contribution < 1.29 is 5.11 Å². The first-order valence-corrected chi connectivity index (χ1v) is 14.6. The normalized spacial score (nSPS) is 28.1. The molecule has 4 saturated carbocycles. The number of nitrogens with zero attached hydrogens (tertiary/aromatic N) is 3. The molecule has 0 spiro atoms. The molecule has 5 atom stereocenters. The van der Waals surface area contributed by atoms with Crippen molar-refractivity contribution in [2.45, 2.75) is 62.4 Å². The Morgan fingerprint density at radius 3 is 2.69 bits per heavy atom. The van der Waals surface area contributed by atoms with E-state index in [9.17, 15) is 5.26 Å². The predicted octanol–water partition coefficient (Wildman–Crippen LogP) is 4.65. The summed E-state index contributed by atoms with van der Waals surface area (Å²) in [6.07, 6.45) is 12.1. The molecule has 2 aromatic rings. The number of aliphatic hydroxyl groups is 1. The van der Waals surface area contributed by atoms with E-state index in [4.69, 9.17) is 10.1 Å². The molecule has 0 amide bonds. The third-order valence-electron chi connectivity index (χ3n) is 8.53. The Morgan fingerprint density at radius 2 is 1.94 bits per heavy atom. The van der Waals surface area contributed by atoms with Gasteiger partial charge in [0.05, 0.1) is 6.20 Å². The Hall–Kier alpha value is -2.34. The minimum Gasteiger partial charge on any atom is -0.396 e. The van der Waals surface area contributed by atoms with E-state index in [0.717, 1.165) is 43.7 Å². The summed E-state index contributed by atoms with van der Waals surface area (Å²) in [5, 5.41) is 29.6. The lowest BCUT2D eigenvalue weighted by molar-refractivity contribution is -0.0692. The average Bonchev–Trinajstić information content (AvgIpc) is 2.90. The van der Waals surface area contributed by atoms with Gasteiger partial charge in [-0.3, -0.25) is 0 Å². The Morgan fingerprint density at radius 1 is 1.14 bits per heavy atom. The van der Waals surface area contributed by atoms with Crippen LogP contribution in [0.1, 0.15) is 56.1 Å². The molecule has 0 radical (unpaired) electrons. The van der Waals surface area contributed by atoms with Crippen LogP contribution in [0.4, 0.5) is 11.8 Å². The Bertz CT molecular complexity index is 1070. The summed E-state index contributed by atoms with van der Waals surface area (Å²) in [7, 11) is 0. The van der Waals surface area contributed by atoms with Gasteiger partial charge in [0.15, 0.2) is 0 Å². The molecule has 6 rings (SSSR count). The van der Waals surface area contributed by atoms with Gasteiger partial charge in [-0.2, -0.15) is 10.2 Å². The first-order chi connectivity index (χ1) is 17.6. The highest BCUT2D eigenvalue weighted by Gasteiger charge is 2.54. The van der Waals surface area contributed by atoms with Crippen molar-refractivity contribution in [2.24, 2.45) is 23.2 Å². The van der Waals surface area contributed by atoms with E-state index in [-0.39, 0.29) is 6.61 Å². The van der Waals surface area contributed by atoms with Crippen molar-refractivity contribution in [1.82, 2.24) is 15.3 Å². The van der Waals surface area contributed by atoms with Gasteiger partial charge in [-0.05, 0) is 92.5 Å². The highest BCUT2D eigenvalue weighted by atomic mass is 32.2. The highest BCUT2D eigenvalue weighted by Crippen LogP contribution is 2.60. The zero-order chi connectivity index (χ0) is 25.0. The smallest absolute Gasteiger partial charge is 0.224 e. The SMILES string of the molecule is CSc1ccccc1CNc1ncc(C#N)c(NC[C@@]23CC4C[C@H](C2)[C@@H](NCCCCO)[C@@H](C4)C3)n1. The maximum absolute atomic E-state index is 9.68. The van der Waals surface area contributed by atoms with Crippen molar-refractivity contribution >= 4 is 23.5 Å². The lowest BCUT2D eigenvalue weighted by Gasteiger charge is -2.60. The second-order valence-corrected chi connectivity index (χ2v) is 11.8. The number of aliphatic hydroxyl groups excluding tert-OH is 1. The minimum absolute atomic E-state index is 0.284. The number of nitriles is 1. The van der Waals surface area contributed by atoms with Gasteiger partial charge in [0.25, 0.3) is 0 Å². The maximum Gasteiger partial charge on any atom is 0.224 e. The second kappa shape index (κ2) is 11.4. The molecule has 1 aromatic heterocycles. The van der Waals surface area contributed by atoms with E-state index in [1.807, 2.05) is 6.07 Å². The number of rotatable bonds is 12. The maximum atomic E-state index is 9.68. The van der Waals surface area contributed by atoms with E-state index < -0.39 is 0 Å². The highest BCUT2D eigenvalue weighted by molar-refractivity contribution is 7.98. The van der Waals surface area contributed by atoms with Gasteiger partial charge < -0.3 is 21.1 Å². The van der Waals surface area contributed by atoms with E-state index >= 15 is 0 Å². The van der Waals surface area contributed by atoms with Crippen molar-refractivity contribution in [3.8, 4) is 6.07 Å². The van der Waals surface area contributed by atoms with E-state index in [1.165, 1.54) is 42.6 Å². The topological polar surface area (TPSA) is 106 Å². The largest absolute Gasteiger partial charge is 0.396 e. The molecule has 4 aliphatic carbocycles. The molecule has 0 saturated heterocycles. The standard InChI is InChI=1S/C28H38N6OS/c1-36-24-7-3-2-6-20(24)16-31-27-32-17-23(15-29)26(34-27)33-18-28-12-19-10-21(13-28)25(22(11-19)14-28)30-8-4-5-9-35/h2-3,6-7,17,19,21-22,25,30,35H,4-5,8-14,16,18H2,1H3,(H2,31,32,33,34)/t19?,21-,22+,25-,28+. The first-order valence-electron chi connectivity index (χ1n) is 13.3. The van der Waals surface area contributed by atoms with Crippen molar-refractivity contribution in [1.29, 1.82) is 5.26 Å². The van der Waals surface area contributed by atoms with Crippen LogP contribution in [0.3, 0.4) is 0 Å². The second-order valence-electron chi connectivity index (χ2n) is 11.0. The van der Waals surface area contributed by atoms with Crippen LogP contribution in [-0.4, -0.2) is 47.1 Å². The molecular weight excluding hydrogens is 468 g/mol. The number of hydrogen-bond donors (Lipinski definition) is 4. The monoisotopic (exact) mass is 506 g/mol. The number of aromatic nitrogens is 2. The van der Waals surface area contributed by atoms with Gasteiger partial charge in [0.1, 0.15) is 17.5 Å². The summed E-state index contributed by atoms with van der Waals surface area (Å²) in [6.45, 7) is 2.81. The average molecular weight is 507 g/mol. The number of unbranched alkanes of at least 4 members (excludes halogenated alkanes) is 1. The molecule has 4 N–H and O–H groups in total. The van der Waals surface area contributed by atoms with Gasteiger partial charge in [-0.25, -0.2) is 4.98 Å². The summed E-state index contributed by atoms with van der Waals surface area (Å²) in [5.41, 5.74) is 2.00. The van der Waals surface area contributed by atoms with Gasteiger partial charge in [0.2, 0.25) is 5.95 Å². The van der Waals surface area contributed by atoms with Gasteiger partial charge in [-0.15, -0.1) is 11.8 Å². The number of anilines is 2. The summed E-state index contributed by atoms with van der Waals surface area (Å²) in [4.78, 5) is 10.3. The van der Waals surface area contributed by atoms with Crippen LogP contribution in [0.15, 0.2) is 35.4 Å². The first kappa shape index (κ1) is 25.3. The summed E-state index contributed by atoms with van der Waals surface area (Å²) >= 11 is 1.73. The zero-order valence-corrected chi connectivity index (χ0v) is 22.0. The molecular formula is C28H38N6OS. The number of hydrogen-bond acceptors (Lipinski definition) is 8. The van der Waals surface area contributed by atoms with Crippen LogP contribution in [0.25, 0.3) is 0 Å². The van der Waals surface area contributed by atoms with Crippen LogP contribution in [0, 0.1) is 34.5 Å². The third kappa shape index (κ3) is 5.49. The van der Waals surface area contributed by atoms with E-state index in [1.54, 1.807) is 18.0 Å². The lowest BCUT2D eigenvalue weighted by Crippen LogP contribution is -2.59. The number of thioether (sulfide) groups is 1. The van der Waals surface area contributed by atoms with Crippen molar-refractivity contribution in [3.63, 3.8) is 0 Å². The van der Waals surface area contributed by atoms with Crippen LogP contribution >= 0.6 is 11.8 Å². The minimum atomic E-state index is 0.284. The van der Waals surface area contributed by atoms with Gasteiger partial charge >= 0.3 is 0 Å². The zero-order valence-electron chi connectivity index (χ0n) is 21.2. The Labute approximate surface area is 218 Å². The number of nitrogens with one attached hydrogen (secondary N) is 3. The molecule has 7 nitrogen and oxygen atoms in total. The summed E-state index contributed by atoms with van der Waals surface area (Å²) in [5.74, 6) is 3.49. The summed E-state index contributed by atoms with van der Waals surface area (Å²) in [6, 6.07) is 11.2. The van der Waals surface area contributed by atoms with Crippen LogP contribution in [0.5, 0.6) is 0 Å². The quantitative estimate of drug-likeness (QED) is 0.243. The van der Waals surface area contributed by atoms with Crippen molar-refractivity contribution in [3.05, 3.63) is 41.6 Å². The molecule has 1 unspecified atom stereocenters. The van der Waals surface area contributed by atoms with E-state index in [2.05, 4.69) is 51.5 Å². The fourth-order valence-electron chi connectivity index (χ4n) is 7.23.